The van der Waals surface area contributed by atoms with Crippen LogP contribution in [0, 0.1) is 0 Å². The van der Waals surface area contributed by atoms with Crippen LogP contribution < -0.4 is 4.74 Å². The Morgan fingerprint density at radius 1 is 1.13 bits per heavy atom. The van der Waals surface area contributed by atoms with Crippen molar-refractivity contribution < 1.29 is 23.8 Å². The third-order valence-electron chi connectivity index (χ3n) is 4.97. The van der Waals surface area contributed by atoms with Crippen molar-refractivity contribution in [2.75, 3.05) is 7.11 Å². The highest BCUT2D eigenvalue weighted by Gasteiger charge is 2.46. The van der Waals surface area contributed by atoms with E-state index in [1.54, 1.807) is 67.8 Å². The standard InChI is InChI=1S/C23H18BrNO5/c1-29-17-5-2-4-15(12-17)20-19(21(26)14-7-9-16(24)10-8-14)22(27)23(28)25(20)13-18-6-3-11-30-18/h2-12,20,26H,13H2,1H3/b21-19+. The molecule has 0 radical (unpaired) electrons. The topological polar surface area (TPSA) is 80.0 Å². The number of amides is 1. The normalized spacial score (nSPS) is 18.1. The molecule has 30 heavy (non-hydrogen) atoms. The van der Waals surface area contributed by atoms with E-state index in [9.17, 15) is 14.7 Å². The molecular formula is C23H18BrNO5. The summed E-state index contributed by atoms with van der Waals surface area (Å²) in [7, 11) is 1.54. The summed E-state index contributed by atoms with van der Waals surface area (Å²) in [6, 6.07) is 16.6. The fraction of sp³-hybridized carbons (Fsp3) is 0.130. The third kappa shape index (κ3) is 3.64. The van der Waals surface area contributed by atoms with Crippen LogP contribution in [-0.4, -0.2) is 28.8 Å². The molecule has 1 amide bonds. The van der Waals surface area contributed by atoms with E-state index in [0.717, 1.165) is 4.47 Å². The van der Waals surface area contributed by atoms with Crippen molar-refractivity contribution in [2.24, 2.45) is 0 Å². The summed E-state index contributed by atoms with van der Waals surface area (Å²) in [4.78, 5) is 27.3. The fourth-order valence-corrected chi connectivity index (χ4v) is 3.80. The number of hydrogen-bond donors (Lipinski definition) is 1. The van der Waals surface area contributed by atoms with Gasteiger partial charge in [-0.3, -0.25) is 9.59 Å². The first-order valence-corrected chi connectivity index (χ1v) is 9.99. The van der Waals surface area contributed by atoms with Gasteiger partial charge >= 0.3 is 0 Å². The molecular weight excluding hydrogens is 450 g/mol. The number of rotatable bonds is 5. The summed E-state index contributed by atoms with van der Waals surface area (Å²) in [6.07, 6.45) is 1.51. The van der Waals surface area contributed by atoms with E-state index in [-0.39, 0.29) is 17.9 Å². The van der Waals surface area contributed by atoms with E-state index in [1.807, 2.05) is 0 Å². The van der Waals surface area contributed by atoms with Gasteiger partial charge in [-0.2, -0.15) is 0 Å². The molecule has 0 bridgehead atoms. The quantitative estimate of drug-likeness (QED) is 0.335. The number of likely N-dealkylation sites (tertiary alicyclic amines) is 1. The number of furan rings is 1. The van der Waals surface area contributed by atoms with Crippen LogP contribution in [0.1, 0.15) is 22.9 Å². The van der Waals surface area contributed by atoms with Gasteiger partial charge in [0.15, 0.2) is 0 Å². The van der Waals surface area contributed by atoms with Gasteiger partial charge < -0.3 is 19.2 Å². The summed E-state index contributed by atoms with van der Waals surface area (Å²) in [5.41, 5.74) is 1.13. The van der Waals surface area contributed by atoms with Gasteiger partial charge in [-0.15, -0.1) is 0 Å². The number of Topliss-reactive ketones (excluding diaryl/α,β-unsaturated/α-hetero) is 1. The van der Waals surface area contributed by atoms with Crippen LogP contribution in [0.15, 0.2) is 81.4 Å². The molecule has 3 aromatic rings. The lowest BCUT2D eigenvalue weighted by Gasteiger charge is -2.24. The number of halogens is 1. The SMILES string of the molecule is COc1cccc(C2/C(=C(\O)c3ccc(Br)cc3)C(=O)C(=O)N2Cc2ccco2)c1. The average Bonchev–Trinajstić information content (AvgIpc) is 3.36. The Labute approximate surface area is 181 Å². The predicted octanol–water partition coefficient (Wildman–Crippen LogP) is 4.67. The molecule has 1 fully saturated rings. The van der Waals surface area contributed by atoms with E-state index in [0.29, 0.717) is 22.6 Å². The Hall–Kier alpha value is -3.32. The molecule has 1 aliphatic rings. The molecule has 7 heteroatoms. The number of aliphatic hydroxyl groups excluding tert-OH is 1. The molecule has 1 atom stereocenters. The van der Waals surface area contributed by atoms with Gasteiger partial charge in [-0.25, -0.2) is 0 Å². The van der Waals surface area contributed by atoms with E-state index in [4.69, 9.17) is 9.15 Å². The summed E-state index contributed by atoms with van der Waals surface area (Å²) in [5, 5.41) is 11.0. The van der Waals surface area contributed by atoms with E-state index in [2.05, 4.69) is 15.9 Å². The molecule has 4 rings (SSSR count). The van der Waals surface area contributed by atoms with Crippen molar-refractivity contribution in [1.29, 1.82) is 0 Å². The number of ether oxygens (including phenoxy) is 1. The molecule has 2 aromatic carbocycles. The smallest absolute Gasteiger partial charge is 0.296 e. The minimum atomic E-state index is -0.783. The average molecular weight is 468 g/mol. The number of carbonyl (C=O) groups excluding carboxylic acids is 2. The van der Waals surface area contributed by atoms with E-state index >= 15 is 0 Å². The van der Waals surface area contributed by atoms with Crippen molar-refractivity contribution in [3.63, 3.8) is 0 Å². The fourth-order valence-electron chi connectivity index (χ4n) is 3.53. The monoisotopic (exact) mass is 467 g/mol. The highest BCUT2D eigenvalue weighted by molar-refractivity contribution is 9.10. The second kappa shape index (κ2) is 8.20. The number of carbonyl (C=O) groups is 2. The molecule has 6 nitrogen and oxygen atoms in total. The van der Waals surface area contributed by atoms with Crippen molar-refractivity contribution in [1.82, 2.24) is 4.90 Å². The Balaban J connectivity index is 1.87. The zero-order chi connectivity index (χ0) is 21.3. The van der Waals surface area contributed by atoms with Gasteiger partial charge in [-0.05, 0) is 42.0 Å². The lowest BCUT2D eigenvalue weighted by molar-refractivity contribution is -0.140. The number of methoxy groups -OCH3 is 1. The highest BCUT2D eigenvalue weighted by Crippen LogP contribution is 2.41. The molecule has 1 N–H and O–H groups in total. The van der Waals surface area contributed by atoms with Crippen molar-refractivity contribution in [3.8, 4) is 5.75 Å². The van der Waals surface area contributed by atoms with Crippen LogP contribution >= 0.6 is 15.9 Å². The van der Waals surface area contributed by atoms with Crippen LogP contribution in [0.3, 0.4) is 0 Å². The maximum Gasteiger partial charge on any atom is 0.296 e. The Morgan fingerprint density at radius 3 is 2.57 bits per heavy atom. The third-order valence-corrected chi connectivity index (χ3v) is 5.50. The largest absolute Gasteiger partial charge is 0.507 e. The molecule has 2 heterocycles. The van der Waals surface area contributed by atoms with Crippen molar-refractivity contribution in [2.45, 2.75) is 12.6 Å². The summed E-state index contributed by atoms with van der Waals surface area (Å²) in [5.74, 6) is -0.545. The van der Waals surface area contributed by atoms with Crippen molar-refractivity contribution in [3.05, 3.63) is 93.9 Å². The number of hydrogen-bond acceptors (Lipinski definition) is 5. The number of aliphatic hydroxyl groups is 1. The van der Waals surface area contributed by atoms with Crippen molar-refractivity contribution >= 4 is 33.4 Å². The molecule has 1 aromatic heterocycles. The first kappa shape index (κ1) is 20.0. The Kier molecular flexibility index (Phi) is 5.46. The van der Waals surface area contributed by atoms with Crippen LogP contribution in [0.5, 0.6) is 5.75 Å². The van der Waals surface area contributed by atoms with Crippen LogP contribution in [-0.2, 0) is 16.1 Å². The molecule has 1 saturated heterocycles. The maximum atomic E-state index is 13.0. The summed E-state index contributed by atoms with van der Waals surface area (Å²) < 4.78 is 11.5. The minimum absolute atomic E-state index is 0.0298. The zero-order valence-electron chi connectivity index (χ0n) is 16.0. The molecule has 0 saturated carbocycles. The first-order valence-electron chi connectivity index (χ1n) is 9.20. The lowest BCUT2D eigenvalue weighted by atomic mass is 9.95. The molecule has 1 aliphatic heterocycles. The predicted molar refractivity (Wildman–Crippen MR) is 114 cm³/mol. The Morgan fingerprint density at radius 2 is 1.90 bits per heavy atom. The minimum Gasteiger partial charge on any atom is -0.507 e. The van der Waals surface area contributed by atoms with Gasteiger partial charge in [-0.1, -0.05) is 40.2 Å². The maximum absolute atomic E-state index is 13.0. The highest BCUT2D eigenvalue weighted by atomic mass is 79.9. The first-order chi connectivity index (χ1) is 14.5. The van der Waals surface area contributed by atoms with Gasteiger partial charge in [0.1, 0.15) is 17.3 Å². The second-order valence-corrected chi connectivity index (χ2v) is 7.71. The van der Waals surface area contributed by atoms with Gasteiger partial charge in [0, 0.05) is 10.0 Å². The van der Waals surface area contributed by atoms with Crippen LogP contribution in [0.4, 0.5) is 0 Å². The van der Waals surface area contributed by atoms with Gasteiger partial charge in [0.05, 0.1) is 31.5 Å². The summed E-state index contributed by atoms with van der Waals surface area (Å²) in [6.45, 7) is 0.0938. The molecule has 0 aliphatic carbocycles. The second-order valence-electron chi connectivity index (χ2n) is 6.79. The van der Waals surface area contributed by atoms with Gasteiger partial charge in [0.25, 0.3) is 11.7 Å². The van der Waals surface area contributed by atoms with Crippen LogP contribution in [0.25, 0.3) is 5.76 Å². The van der Waals surface area contributed by atoms with E-state index in [1.165, 1.54) is 11.2 Å². The van der Waals surface area contributed by atoms with Gasteiger partial charge in [0.2, 0.25) is 0 Å². The molecule has 152 valence electrons. The zero-order valence-corrected chi connectivity index (χ0v) is 17.6. The molecule has 1 unspecified atom stereocenters. The number of ketones is 1. The Bertz CT molecular complexity index is 1120. The van der Waals surface area contributed by atoms with E-state index < -0.39 is 17.7 Å². The summed E-state index contributed by atoms with van der Waals surface area (Å²) >= 11 is 3.36. The number of nitrogens with zero attached hydrogens (tertiary/aromatic N) is 1. The van der Waals surface area contributed by atoms with Crippen LogP contribution in [0.2, 0.25) is 0 Å². The lowest BCUT2D eigenvalue weighted by Crippen LogP contribution is -2.29. The molecule has 0 spiro atoms. The number of benzene rings is 2.